The van der Waals surface area contributed by atoms with Crippen molar-refractivity contribution in [3.8, 4) is 11.3 Å². The van der Waals surface area contributed by atoms with Crippen molar-refractivity contribution in [1.29, 1.82) is 0 Å². The first-order valence-corrected chi connectivity index (χ1v) is 14.4. The highest BCUT2D eigenvalue weighted by molar-refractivity contribution is 5.94. The van der Waals surface area contributed by atoms with Gasteiger partial charge >= 0.3 is 6.09 Å². The molecule has 0 aliphatic carbocycles. The zero-order valence-corrected chi connectivity index (χ0v) is 25.1. The fourth-order valence-corrected chi connectivity index (χ4v) is 4.09. The molecule has 3 aromatic heterocycles. The van der Waals surface area contributed by atoms with E-state index in [4.69, 9.17) is 19.2 Å². The minimum absolute atomic E-state index is 0.199. The minimum Gasteiger partial charge on any atom is -0.444 e. The van der Waals surface area contributed by atoms with Crippen LogP contribution in [0.25, 0.3) is 22.3 Å². The standard InChI is InChI=1S/C30H40N8O5/c1-5-14-38-20-22(19-34-38)25-24-10-11-31-26(24)37-28(36-25)35-23-8-6-21(7-9-23)27(39)32-12-15-41-17-18-42-16-13-33-29(40)43-30(2,3)4/h6-11,19-20H,5,12-18H2,1-4H3,(H,32,39)(H,33,40)(H2,31,35,36,37). The van der Waals surface area contributed by atoms with Gasteiger partial charge in [0.15, 0.2) is 0 Å². The van der Waals surface area contributed by atoms with E-state index >= 15 is 0 Å². The molecule has 230 valence electrons. The van der Waals surface area contributed by atoms with Gasteiger partial charge in [0.2, 0.25) is 5.95 Å². The summed E-state index contributed by atoms with van der Waals surface area (Å²) in [6, 6.07) is 9.04. The number of ether oxygens (including phenoxy) is 3. The van der Waals surface area contributed by atoms with Crippen LogP contribution in [-0.2, 0) is 20.8 Å². The highest BCUT2D eigenvalue weighted by atomic mass is 16.6. The van der Waals surface area contributed by atoms with Crippen molar-refractivity contribution in [1.82, 2.24) is 35.4 Å². The second-order valence-corrected chi connectivity index (χ2v) is 10.7. The number of carbonyl (C=O) groups is 2. The topological polar surface area (TPSA) is 157 Å². The third-order valence-corrected chi connectivity index (χ3v) is 6.00. The van der Waals surface area contributed by atoms with Crippen molar-refractivity contribution in [2.45, 2.75) is 46.3 Å². The van der Waals surface area contributed by atoms with Crippen LogP contribution >= 0.6 is 0 Å². The fourth-order valence-electron chi connectivity index (χ4n) is 4.09. The Morgan fingerprint density at radius 3 is 2.37 bits per heavy atom. The lowest BCUT2D eigenvalue weighted by Crippen LogP contribution is -2.34. The van der Waals surface area contributed by atoms with Gasteiger partial charge in [-0.1, -0.05) is 6.92 Å². The second-order valence-electron chi connectivity index (χ2n) is 10.7. The molecule has 0 bridgehead atoms. The Bertz CT molecular complexity index is 1480. The lowest BCUT2D eigenvalue weighted by Gasteiger charge is -2.19. The number of aryl methyl sites for hydroxylation is 1. The number of alkyl carbamates (subject to hydrolysis) is 1. The molecule has 1 aromatic carbocycles. The monoisotopic (exact) mass is 592 g/mol. The number of hydrogen-bond acceptors (Lipinski definition) is 9. The maximum absolute atomic E-state index is 12.5. The highest BCUT2D eigenvalue weighted by Crippen LogP contribution is 2.27. The third kappa shape index (κ3) is 9.79. The minimum atomic E-state index is -0.533. The molecule has 0 unspecified atom stereocenters. The second kappa shape index (κ2) is 15.1. The molecule has 0 spiro atoms. The Balaban J connectivity index is 1.17. The van der Waals surface area contributed by atoms with Gasteiger partial charge in [-0.15, -0.1) is 0 Å². The lowest BCUT2D eigenvalue weighted by atomic mass is 10.2. The summed E-state index contributed by atoms with van der Waals surface area (Å²) in [6.45, 7) is 10.5. The number of fused-ring (bicyclic) bond motifs is 1. The molecule has 0 saturated heterocycles. The number of H-pyrrole nitrogens is 1. The molecule has 43 heavy (non-hydrogen) atoms. The normalized spacial score (nSPS) is 11.4. The van der Waals surface area contributed by atoms with Gasteiger partial charge in [0, 0.05) is 54.2 Å². The van der Waals surface area contributed by atoms with E-state index in [2.05, 4.69) is 37.9 Å². The number of aromatic amines is 1. The van der Waals surface area contributed by atoms with Crippen molar-refractivity contribution >= 4 is 34.7 Å². The van der Waals surface area contributed by atoms with E-state index in [0.29, 0.717) is 51.0 Å². The van der Waals surface area contributed by atoms with Gasteiger partial charge in [-0.2, -0.15) is 10.1 Å². The average molecular weight is 593 g/mol. The molecule has 4 rings (SSSR count). The number of nitrogens with one attached hydrogen (secondary N) is 4. The van der Waals surface area contributed by atoms with Crippen LogP contribution < -0.4 is 16.0 Å². The molecule has 0 aliphatic heterocycles. The number of aromatic nitrogens is 5. The molecular weight excluding hydrogens is 552 g/mol. The first-order valence-electron chi connectivity index (χ1n) is 14.4. The first kappa shape index (κ1) is 31.4. The summed E-state index contributed by atoms with van der Waals surface area (Å²) in [4.78, 5) is 36.6. The smallest absolute Gasteiger partial charge is 0.407 e. The van der Waals surface area contributed by atoms with Crippen LogP contribution in [0.2, 0.25) is 0 Å². The molecule has 13 nitrogen and oxygen atoms in total. The number of anilines is 2. The quantitative estimate of drug-likeness (QED) is 0.148. The molecular formula is C30H40N8O5. The van der Waals surface area contributed by atoms with Crippen LogP contribution in [0.4, 0.5) is 16.4 Å². The van der Waals surface area contributed by atoms with Crippen molar-refractivity contribution in [2.75, 3.05) is 44.8 Å². The van der Waals surface area contributed by atoms with Crippen molar-refractivity contribution in [3.05, 3.63) is 54.5 Å². The van der Waals surface area contributed by atoms with Gasteiger partial charge in [0.1, 0.15) is 11.2 Å². The summed E-state index contributed by atoms with van der Waals surface area (Å²) < 4.78 is 18.0. The Labute approximate surface area is 250 Å². The van der Waals surface area contributed by atoms with Gasteiger partial charge in [-0.05, 0) is 57.5 Å². The molecule has 13 heteroatoms. The third-order valence-electron chi connectivity index (χ3n) is 6.00. The van der Waals surface area contributed by atoms with E-state index in [1.54, 1.807) is 32.9 Å². The van der Waals surface area contributed by atoms with Gasteiger partial charge in [0.25, 0.3) is 5.91 Å². The average Bonchev–Trinajstić information content (AvgIpc) is 3.63. The first-order chi connectivity index (χ1) is 20.7. The van der Waals surface area contributed by atoms with Gasteiger partial charge in [-0.25, -0.2) is 9.78 Å². The number of hydrogen-bond donors (Lipinski definition) is 4. The molecule has 3 heterocycles. The maximum atomic E-state index is 12.5. The van der Waals surface area contributed by atoms with E-state index in [-0.39, 0.29) is 5.91 Å². The van der Waals surface area contributed by atoms with Crippen LogP contribution in [-0.4, -0.2) is 81.9 Å². The maximum Gasteiger partial charge on any atom is 0.407 e. The van der Waals surface area contributed by atoms with Gasteiger partial charge in [0.05, 0.1) is 38.3 Å². The predicted molar refractivity (Wildman–Crippen MR) is 163 cm³/mol. The summed E-state index contributed by atoms with van der Waals surface area (Å²) in [7, 11) is 0. The zero-order chi connectivity index (χ0) is 30.7. The molecule has 0 radical (unpaired) electrons. The largest absolute Gasteiger partial charge is 0.444 e. The van der Waals surface area contributed by atoms with Gasteiger partial charge < -0.3 is 35.1 Å². The fraction of sp³-hybridized carbons (Fsp3) is 0.433. The molecule has 4 aromatic rings. The van der Waals surface area contributed by atoms with Crippen LogP contribution in [0.1, 0.15) is 44.5 Å². The van der Waals surface area contributed by atoms with Crippen molar-refractivity contribution < 1.29 is 23.8 Å². The van der Waals surface area contributed by atoms with Crippen LogP contribution in [0.15, 0.2) is 48.9 Å². The SMILES string of the molecule is CCCn1cc(-c2nc(Nc3ccc(C(=O)NCCOCCOCCNC(=O)OC(C)(C)C)cc3)nc3[nH]ccc23)cn1. The zero-order valence-electron chi connectivity index (χ0n) is 25.1. The lowest BCUT2D eigenvalue weighted by molar-refractivity contribution is 0.0400. The summed E-state index contributed by atoms with van der Waals surface area (Å²) in [6.07, 6.45) is 6.16. The summed E-state index contributed by atoms with van der Waals surface area (Å²) in [5.41, 5.74) is 3.16. The molecule has 0 atom stereocenters. The van der Waals surface area contributed by atoms with E-state index < -0.39 is 11.7 Å². The van der Waals surface area contributed by atoms with Gasteiger partial charge in [-0.3, -0.25) is 9.48 Å². The van der Waals surface area contributed by atoms with Crippen LogP contribution in [0.5, 0.6) is 0 Å². The molecule has 0 aliphatic rings. The number of carbonyl (C=O) groups excluding carboxylic acids is 2. The molecule has 0 fully saturated rings. The number of benzene rings is 1. The van der Waals surface area contributed by atoms with Crippen LogP contribution in [0, 0.1) is 0 Å². The molecule has 2 amide bonds. The number of nitrogens with zero attached hydrogens (tertiary/aromatic N) is 4. The summed E-state index contributed by atoms with van der Waals surface area (Å²) >= 11 is 0. The van der Waals surface area contributed by atoms with Crippen molar-refractivity contribution in [3.63, 3.8) is 0 Å². The Morgan fingerprint density at radius 2 is 1.67 bits per heavy atom. The van der Waals surface area contributed by atoms with E-state index in [9.17, 15) is 9.59 Å². The van der Waals surface area contributed by atoms with E-state index in [1.807, 2.05) is 41.5 Å². The summed E-state index contributed by atoms with van der Waals surface area (Å²) in [5.74, 6) is 0.237. The number of rotatable bonds is 15. The predicted octanol–water partition coefficient (Wildman–Crippen LogP) is 4.26. The highest BCUT2D eigenvalue weighted by Gasteiger charge is 2.16. The molecule has 0 saturated carbocycles. The van der Waals surface area contributed by atoms with Crippen molar-refractivity contribution in [2.24, 2.45) is 0 Å². The Hall–Kier alpha value is -4.49. The Morgan fingerprint density at radius 1 is 0.953 bits per heavy atom. The summed E-state index contributed by atoms with van der Waals surface area (Å²) in [5, 5.41) is 14.0. The number of amides is 2. The molecule has 4 N–H and O–H groups in total. The Kier molecular flexibility index (Phi) is 11.1. The van der Waals surface area contributed by atoms with E-state index in [0.717, 1.165) is 40.9 Å². The van der Waals surface area contributed by atoms with Crippen LogP contribution in [0.3, 0.4) is 0 Å². The van der Waals surface area contributed by atoms with E-state index in [1.165, 1.54) is 0 Å².